The average molecular weight is 327 g/mol. The SMILES string of the molecule is CCC(CC)NS(=O)(=O)c1c(C(=O)O)sc2ccccc12. The molecule has 0 saturated carbocycles. The van der Waals surface area contributed by atoms with E-state index in [2.05, 4.69) is 4.72 Å². The highest BCUT2D eigenvalue weighted by molar-refractivity contribution is 7.90. The Labute approximate surface area is 127 Å². The highest BCUT2D eigenvalue weighted by Gasteiger charge is 2.29. The van der Waals surface area contributed by atoms with Gasteiger partial charge in [-0.05, 0) is 18.9 Å². The zero-order chi connectivity index (χ0) is 15.6. The maximum absolute atomic E-state index is 12.6. The first kappa shape index (κ1) is 15.9. The monoisotopic (exact) mass is 327 g/mol. The van der Waals surface area contributed by atoms with Crippen LogP contribution in [0.25, 0.3) is 10.1 Å². The molecule has 21 heavy (non-hydrogen) atoms. The first-order chi connectivity index (χ1) is 9.90. The Kier molecular flexibility index (Phi) is 4.65. The van der Waals surface area contributed by atoms with E-state index >= 15 is 0 Å². The summed E-state index contributed by atoms with van der Waals surface area (Å²) in [6.07, 6.45) is 1.31. The lowest BCUT2D eigenvalue weighted by atomic mass is 10.2. The third kappa shape index (κ3) is 3.09. The number of fused-ring (bicyclic) bond motifs is 1. The fourth-order valence-electron chi connectivity index (χ4n) is 2.16. The molecule has 0 atom stereocenters. The van der Waals surface area contributed by atoms with Crippen LogP contribution in [0.1, 0.15) is 36.4 Å². The number of nitrogens with one attached hydrogen (secondary N) is 1. The summed E-state index contributed by atoms with van der Waals surface area (Å²) >= 11 is 0.982. The van der Waals surface area contributed by atoms with Crippen LogP contribution >= 0.6 is 11.3 Å². The molecule has 1 heterocycles. The van der Waals surface area contributed by atoms with Crippen molar-refractivity contribution in [2.24, 2.45) is 0 Å². The molecule has 0 saturated heterocycles. The van der Waals surface area contributed by atoms with Gasteiger partial charge in [0.1, 0.15) is 9.77 Å². The van der Waals surface area contributed by atoms with Gasteiger partial charge in [0.05, 0.1) is 0 Å². The number of hydrogen-bond donors (Lipinski definition) is 2. The fraction of sp³-hybridized carbons (Fsp3) is 0.357. The highest BCUT2D eigenvalue weighted by atomic mass is 32.2. The van der Waals surface area contributed by atoms with Crippen LogP contribution in [-0.2, 0) is 10.0 Å². The van der Waals surface area contributed by atoms with Crippen LogP contribution in [0.3, 0.4) is 0 Å². The fourth-order valence-corrected chi connectivity index (χ4v) is 5.31. The summed E-state index contributed by atoms with van der Waals surface area (Å²) in [5.74, 6) is -1.22. The predicted octanol–water partition coefficient (Wildman–Crippen LogP) is 3.07. The quantitative estimate of drug-likeness (QED) is 0.854. The van der Waals surface area contributed by atoms with Crippen LogP contribution in [0.5, 0.6) is 0 Å². The lowest BCUT2D eigenvalue weighted by Gasteiger charge is -2.15. The lowest BCUT2D eigenvalue weighted by Crippen LogP contribution is -2.34. The van der Waals surface area contributed by atoms with E-state index < -0.39 is 16.0 Å². The zero-order valence-electron chi connectivity index (χ0n) is 11.8. The van der Waals surface area contributed by atoms with E-state index in [1.165, 1.54) is 0 Å². The van der Waals surface area contributed by atoms with E-state index in [4.69, 9.17) is 0 Å². The topological polar surface area (TPSA) is 83.5 Å². The number of hydrogen-bond acceptors (Lipinski definition) is 4. The number of thiophene rings is 1. The Morgan fingerprint density at radius 2 is 1.90 bits per heavy atom. The van der Waals surface area contributed by atoms with E-state index in [1.54, 1.807) is 24.3 Å². The van der Waals surface area contributed by atoms with Crippen molar-refractivity contribution in [2.75, 3.05) is 0 Å². The molecule has 7 heteroatoms. The molecule has 0 aliphatic rings. The third-order valence-electron chi connectivity index (χ3n) is 3.32. The van der Waals surface area contributed by atoms with Gasteiger partial charge in [0, 0.05) is 16.1 Å². The number of carbonyl (C=O) groups is 1. The second kappa shape index (κ2) is 6.13. The van der Waals surface area contributed by atoms with E-state index in [0.29, 0.717) is 22.9 Å². The minimum Gasteiger partial charge on any atom is -0.477 e. The third-order valence-corrected chi connectivity index (χ3v) is 6.21. The smallest absolute Gasteiger partial charge is 0.347 e. The summed E-state index contributed by atoms with van der Waals surface area (Å²) < 4.78 is 28.4. The van der Waals surface area contributed by atoms with Gasteiger partial charge in [0.2, 0.25) is 10.0 Å². The van der Waals surface area contributed by atoms with Crippen LogP contribution in [0.15, 0.2) is 29.2 Å². The van der Waals surface area contributed by atoms with Gasteiger partial charge in [0.25, 0.3) is 0 Å². The van der Waals surface area contributed by atoms with Gasteiger partial charge < -0.3 is 5.11 Å². The van der Waals surface area contributed by atoms with Crippen molar-refractivity contribution in [3.05, 3.63) is 29.1 Å². The molecule has 1 aromatic carbocycles. The average Bonchev–Trinajstić information content (AvgIpc) is 2.85. The van der Waals surface area contributed by atoms with E-state index in [1.807, 2.05) is 13.8 Å². The first-order valence-corrected chi connectivity index (χ1v) is 8.97. The highest BCUT2D eigenvalue weighted by Crippen LogP contribution is 2.34. The number of benzene rings is 1. The van der Waals surface area contributed by atoms with Crippen LogP contribution in [0, 0.1) is 0 Å². The number of aromatic carboxylic acids is 1. The molecule has 0 unspecified atom stereocenters. The normalized spacial score (nSPS) is 12.1. The number of carboxylic acid groups (broad SMARTS) is 1. The Bertz CT molecular complexity index is 760. The Morgan fingerprint density at radius 3 is 2.48 bits per heavy atom. The van der Waals surface area contributed by atoms with Crippen molar-refractivity contribution in [2.45, 2.75) is 37.6 Å². The second-order valence-corrected chi connectivity index (χ2v) is 7.40. The number of carboxylic acids is 1. The lowest BCUT2D eigenvalue weighted by molar-refractivity contribution is 0.0698. The minimum absolute atomic E-state index is 0.123. The predicted molar refractivity (Wildman–Crippen MR) is 83.5 cm³/mol. The van der Waals surface area contributed by atoms with Crippen molar-refractivity contribution in [3.8, 4) is 0 Å². The van der Waals surface area contributed by atoms with Crippen molar-refractivity contribution in [1.82, 2.24) is 4.72 Å². The Hall–Kier alpha value is -1.44. The molecule has 0 radical (unpaired) electrons. The summed E-state index contributed by atoms with van der Waals surface area (Å²) in [5.41, 5.74) is 0. The van der Waals surface area contributed by atoms with Crippen molar-refractivity contribution in [1.29, 1.82) is 0 Å². The van der Waals surface area contributed by atoms with E-state index in [0.717, 1.165) is 11.3 Å². The summed E-state index contributed by atoms with van der Waals surface area (Å²) in [6, 6.07) is 6.63. The molecule has 1 aromatic heterocycles. The van der Waals surface area contributed by atoms with Crippen LogP contribution < -0.4 is 4.72 Å². The molecule has 0 amide bonds. The summed E-state index contributed by atoms with van der Waals surface area (Å²) in [5, 5.41) is 9.75. The van der Waals surface area contributed by atoms with E-state index in [-0.39, 0.29) is 15.8 Å². The maximum Gasteiger partial charge on any atom is 0.347 e. The van der Waals surface area contributed by atoms with Crippen molar-refractivity contribution < 1.29 is 18.3 Å². The first-order valence-electron chi connectivity index (χ1n) is 6.67. The summed E-state index contributed by atoms with van der Waals surface area (Å²) in [6.45, 7) is 3.78. The molecule has 0 bridgehead atoms. The van der Waals surface area contributed by atoms with Crippen LogP contribution in [-0.4, -0.2) is 25.5 Å². The van der Waals surface area contributed by atoms with Gasteiger partial charge in [-0.25, -0.2) is 17.9 Å². The van der Waals surface area contributed by atoms with Gasteiger partial charge in [-0.1, -0.05) is 32.0 Å². The molecule has 2 N–H and O–H groups in total. The second-order valence-electron chi connectivity index (χ2n) is 4.70. The van der Waals surface area contributed by atoms with Gasteiger partial charge in [-0.15, -0.1) is 11.3 Å². The van der Waals surface area contributed by atoms with Gasteiger partial charge >= 0.3 is 5.97 Å². The minimum atomic E-state index is -3.86. The molecule has 5 nitrogen and oxygen atoms in total. The number of sulfonamides is 1. The van der Waals surface area contributed by atoms with E-state index in [9.17, 15) is 18.3 Å². The molecular weight excluding hydrogens is 310 g/mol. The van der Waals surface area contributed by atoms with Crippen LogP contribution in [0.4, 0.5) is 0 Å². The Balaban J connectivity index is 2.63. The van der Waals surface area contributed by atoms with Crippen LogP contribution in [0.2, 0.25) is 0 Å². The summed E-state index contributed by atoms with van der Waals surface area (Å²) in [4.78, 5) is 11.1. The van der Waals surface area contributed by atoms with Crippen molar-refractivity contribution in [3.63, 3.8) is 0 Å². The van der Waals surface area contributed by atoms with Crippen molar-refractivity contribution >= 4 is 37.4 Å². The molecule has 0 spiro atoms. The van der Waals surface area contributed by atoms with Gasteiger partial charge in [-0.2, -0.15) is 0 Å². The largest absolute Gasteiger partial charge is 0.477 e. The standard InChI is InChI=1S/C14H17NO4S2/c1-3-9(4-2)15-21(18,19)13-10-7-5-6-8-11(10)20-12(13)14(16)17/h5-9,15H,3-4H2,1-2H3,(H,16,17). The maximum atomic E-state index is 12.6. The molecule has 2 rings (SSSR count). The molecular formula is C14H17NO4S2. The summed E-state index contributed by atoms with van der Waals surface area (Å²) in [7, 11) is -3.86. The van der Waals surface area contributed by atoms with Gasteiger partial charge in [0.15, 0.2) is 0 Å². The molecule has 0 aliphatic heterocycles. The zero-order valence-corrected chi connectivity index (χ0v) is 13.4. The number of rotatable bonds is 6. The molecule has 0 aliphatic carbocycles. The molecule has 114 valence electrons. The van der Waals surface area contributed by atoms with Gasteiger partial charge in [-0.3, -0.25) is 0 Å². The molecule has 2 aromatic rings. The molecule has 0 fully saturated rings. The Morgan fingerprint density at radius 1 is 1.29 bits per heavy atom.